The molecule has 1 fully saturated rings. The number of hydrogen-bond donors (Lipinski definition) is 0. The maximum absolute atomic E-state index is 5.92. The zero-order valence-electron chi connectivity index (χ0n) is 12.3. The molecule has 1 aliphatic rings. The number of hydrogen-bond acceptors (Lipinski definition) is 4. The molecule has 0 unspecified atom stereocenters. The highest BCUT2D eigenvalue weighted by atomic mass is 16.5. The van der Waals surface area contributed by atoms with E-state index in [-0.39, 0.29) is 0 Å². The molecule has 2 heterocycles. The highest BCUT2D eigenvalue weighted by Gasteiger charge is 2.11. The first-order chi connectivity index (χ1) is 9.65. The van der Waals surface area contributed by atoms with Crippen molar-refractivity contribution in [3.63, 3.8) is 0 Å². The van der Waals surface area contributed by atoms with Crippen LogP contribution in [0, 0.1) is 20.8 Å². The number of hydrazone groups is 1. The van der Waals surface area contributed by atoms with Gasteiger partial charge in [0.2, 0.25) is 0 Å². The molecule has 4 heteroatoms. The molecule has 4 nitrogen and oxygen atoms in total. The van der Waals surface area contributed by atoms with E-state index >= 15 is 0 Å². The van der Waals surface area contributed by atoms with E-state index in [2.05, 4.69) is 38.0 Å². The average molecular weight is 272 g/mol. The molecule has 0 aliphatic carbocycles. The summed E-state index contributed by atoms with van der Waals surface area (Å²) in [5.41, 5.74) is 4.63. The van der Waals surface area contributed by atoms with E-state index < -0.39 is 0 Å². The van der Waals surface area contributed by atoms with Gasteiger partial charge in [-0.3, -0.25) is 5.01 Å². The van der Waals surface area contributed by atoms with Crippen molar-refractivity contribution in [3.8, 4) is 0 Å². The van der Waals surface area contributed by atoms with Crippen molar-refractivity contribution in [1.82, 2.24) is 5.01 Å². The number of ether oxygens (including phenoxy) is 1. The summed E-state index contributed by atoms with van der Waals surface area (Å²) in [5, 5.41) is 7.69. The van der Waals surface area contributed by atoms with Gasteiger partial charge in [-0.2, -0.15) is 5.10 Å². The maximum Gasteiger partial charge on any atom is 0.151 e. The van der Waals surface area contributed by atoms with Gasteiger partial charge in [0.05, 0.1) is 32.5 Å². The minimum atomic E-state index is 0.745. The van der Waals surface area contributed by atoms with Crippen LogP contribution in [0.2, 0.25) is 0 Å². The van der Waals surface area contributed by atoms with E-state index in [0.29, 0.717) is 0 Å². The molecule has 20 heavy (non-hydrogen) atoms. The Bertz CT molecular complexity index is 652. The van der Waals surface area contributed by atoms with E-state index in [9.17, 15) is 0 Å². The second-order valence-electron chi connectivity index (χ2n) is 5.33. The zero-order chi connectivity index (χ0) is 14.1. The third kappa shape index (κ3) is 2.43. The van der Waals surface area contributed by atoms with Crippen LogP contribution in [0.5, 0.6) is 0 Å². The smallest absolute Gasteiger partial charge is 0.151 e. The third-order valence-corrected chi connectivity index (χ3v) is 3.92. The standard InChI is InChI=1S/C16H20N2O2/c1-11-8-14-13(3)16(20-15(14)9-12(11)2)10-17-18-4-6-19-7-5-18/h8-10H,4-7H2,1-3H3. The number of aryl methyl sites for hydroxylation is 3. The van der Waals surface area contributed by atoms with E-state index in [0.717, 1.165) is 43.2 Å². The summed E-state index contributed by atoms with van der Waals surface area (Å²) in [6, 6.07) is 4.29. The minimum Gasteiger partial charge on any atom is -0.455 e. The van der Waals surface area contributed by atoms with Gasteiger partial charge in [0.1, 0.15) is 5.58 Å². The number of furan rings is 1. The van der Waals surface area contributed by atoms with Crippen LogP contribution in [-0.2, 0) is 4.74 Å². The van der Waals surface area contributed by atoms with Crippen molar-refractivity contribution < 1.29 is 9.15 Å². The van der Waals surface area contributed by atoms with Crippen molar-refractivity contribution in [2.24, 2.45) is 5.10 Å². The average Bonchev–Trinajstić information content (AvgIpc) is 2.75. The maximum atomic E-state index is 5.92. The molecule has 0 amide bonds. The van der Waals surface area contributed by atoms with Gasteiger partial charge in [-0.05, 0) is 44.0 Å². The van der Waals surface area contributed by atoms with Gasteiger partial charge in [-0.1, -0.05) is 0 Å². The second kappa shape index (κ2) is 5.29. The molecule has 1 aliphatic heterocycles. The Kier molecular flexibility index (Phi) is 3.49. The summed E-state index contributed by atoms with van der Waals surface area (Å²) >= 11 is 0. The van der Waals surface area contributed by atoms with Gasteiger partial charge in [0, 0.05) is 10.9 Å². The number of morpholine rings is 1. The molecule has 3 rings (SSSR count). The lowest BCUT2D eigenvalue weighted by Crippen LogP contribution is -2.32. The van der Waals surface area contributed by atoms with Gasteiger partial charge in [-0.25, -0.2) is 0 Å². The van der Waals surface area contributed by atoms with Gasteiger partial charge >= 0.3 is 0 Å². The highest BCUT2D eigenvalue weighted by molar-refractivity contribution is 5.91. The fourth-order valence-electron chi connectivity index (χ4n) is 2.42. The van der Waals surface area contributed by atoms with Crippen LogP contribution in [0.4, 0.5) is 0 Å². The molecule has 0 bridgehead atoms. The fourth-order valence-corrected chi connectivity index (χ4v) is 2.42. The molecule has 0 spiro atoms. The van der Waals surface area contributed by atoms with Gasteiger partial charge in [0.25, 0.3) is 0 Å². The summed E-state index contributed by atoms with van der Waals surface area (Å²) in [6.07, 6.45) is 1.82. The van der Waals surface area contributed by atoms with E-state index in [4.69, 9.17) is 9.15 Å². The third-order valence-electron chi connectivity index (χ3n) is 3.92. The number of nitrogens with zero attached hydrogens (tertiary/aromatic N) is 2. The van der Waals surface area contributed by atoms with Crippen LogP contribution in [0.3, 0.4) is 0 Å². The molecule has 2 aromatic rings. The summed E-state index contributed by atoms with van der Waals surface area (Å²) in [5.74, 6) is 0.844. The molecule has 0 radical (unpaired) electrons. The molecule has 1 aromatic heterocycles. The Morgan fingerprint density at radius 2 is 1.80 bits per heavy atom. The Morgan fingerprint density at radius 3 is 2.55 bits per heavy atom. The molecule has 0 saturated carbocycles. The van der Waals surface area contributed by atoms with Gasteiger partial charge in [-0.15, -0.1) is 0 Å². The van der Waals surface area contributed by atoms with E-state index in [1.54, 1.807) is 0 Å². The van der Waals surface area contributed by atoms with Crippen molar-refractivity contribution in [2.45, 2.75) is 20.8 Å². The zero-order valence-corrected chi connectivity index (χ0v) is 12.3. The highest BCUT2D eigenvalue weighted by Crippen LogP contribution is 2.27. The van der Waals surface area contributed by atoms with Crippen LogP contribution in [0.1, 0.15) is 22.5 Å². The topological polar surface area (TPSA) is 38.0 Å². The van der Waals surface area contributed by atoms with Crippen molar-refractivity contribution >= 4 is 17.2 Å². The molecule has 0 atom stereocenters. The molecule has 106 valence electrons. The van der Waals surface area contributed by atoms with Crippen LogP contribution >= 0.6 is 0 Å². The normalized spacial score (nSPS) is 16.4. The first-order valence-corrected chi connectivity index (χ1v) is 7.02. The second-order valence-corrected chi connectivity index (χ2v) is 5.33. The first kappa shape index (κ1) is 13.2. The molecular formula is C16H20N2O2. The minimum absolute atomic E-state index is 0.745. The summed E-state index contributed by atoms with van der Waals surface area (Å²) < 4.78 is 11.2. The van der Waals surface area contributed by atoms with Crippen LogP contribution in [0.25, 0.3) is 11.0 Å². The summed E-state index contributed by atoms with van der Waals surface area (Å²) in [6.45, 7) is 9.49. The molecule has 1 aromatic carbocycles. The predicted molar refractivity (Wildman–Crippen MR) is 80.4 cm³/mol. The summed E-state index contributed by atoms with van der Waals surface area (Å²) in [4.78, 5) is 0. The lowest BCUT2D eigenvalue weighted by molar-refractivity contribution is 0.0396. The SMILES string of the molecule is Cc1cc2oc(C=NN3CCOCC3)c(C)c2cc1C. The van der Waals surface area contributed by atoms with Crippen molar-refractivity contribution in [1.29, 1.82) is 0 Å². The Balaban J connectivity index is 1.91. The summed E-state index contributed by atoms with van der Waals surface area (Å²) in [7, 11) is 0. The monoisotopic (exact) mass is 272 g/mol. The van der Waals surface area contributed by atoms with Crippen molar-refractivity contribution in [3.05, 3.63) is 34.6 Å². The number of fused-ring (bicyclic) bond motifs is 1. The van der Waals surface area contributed by atoms with Gasteiger partial charge in [0.15, 0.2) is 5.76 Å². The van der Waals surface area contributed by atoms with Crippen LogP contribution in [0.15, 0.2) is 21.7 Å². The Hall–Kier alpha value is -1.81. The molecule has 0 N–H and O–H groups in total. The largest absolute Gasteiger partial charge is 0.455 e. The predicted octanol–water partition coefficient (Wildman–Crippen LogP) is 3.02. The Morgan fingerprint density at radius 1 is 1.10 bits per heavy atom. The van der Waals surface area contributed by atoms with Crippen LogP contribution < -0.4 is 0 Å². The number of benzene rings is 1. The lowest BCUT2D eigenvalue weighted by atomic mass is 10.1. The lowest BCUT2D eigenvalue weighted by Gasteiger charge is -2.23. The van der Waals surface area contributed by atoms with Crippen LogP contribution in [-0.4, -0.2) is 37.5 Å². The van der Waals surface area contributed by atoms with E-state index in [1.165, 1.54) is 16.5 Å². The number of rotatable bonds is 2. The fraction of sp³-hybridized carbons (Fsp3) is 0.438. The quantitative estimate of drug-likeness (QED) is 0.789. The van der Waals surface area contributed by atoms with Crippen molar-refractivity contribution in [2.75, 3.05) is 26.3 Å². The Labute approximate surface area is 119 Å². The first-order valence-electron chi connectivity index (χ1n) is 7.02. The molecule has 1 saturated heterocycles. The molecular weight excluding hydrogens is 252 g/mol. The van der Waals surface area contributed by atoms with Gasteiger partial charge < -0.3 is 9.15 Å². The van der Waals surface area contributed by atoms with E-state index in [1.807, 2.05) is 11.2 Å².